The van der Waals surface area contributed by atoms with Crippen LogP contribution in [-0.2, 0) is 16.7 Å². The van der Waals surface area contributed by atoms with Gasteiger partial charge in [0.1, 0.15) is 4.86 Å². The van der Waals surface area contributed by atoms with Gasteiger partial charge in [-0.25, -0.2) is 0 Å². The summed E-state index contributed by atoms with van der Waals surface area (Å²) in [6.07, 6.45) is 1.76. The third kappa shape index (κ3) is 2.19. The highest BCUT2D eigenvalue weighted by Gasteiger charge is 2.13. The Morgan fingerprint density at radius 3 is 2.53 bits per heavy atom. The molecule has 0 bridgehead atoms. The van der Waals surface area contributed by atoms with Gasteiger partial charge in [-0.1, -0.05) is 30.3 Å². The molecule has 2 rings (SSSR count). The Bertz CT molecular complexity index is 548. The summed E-state index contributed by atoms with van der Waals surface area (Å²) in [6, 6.07) is 9.56. The van der Waals surface area contributed by atoms with Crippen molar-refractivity contribution in [1.29, 1.82) is 0 Å². The van der Waals surface area contributed by atoms with E-state index >= 15 is 0 Å². The molecule has 1 aliphatic heterocycles. The topological polar surface area (TPSA) is 58.9 Å². The molecule has 76 valence electrons. The molecule has 0 saturated heterocycles. The minimum absolute atomic E-state index is 0.179. The SMILES string of the molecule is O=S(=O)=C1C=NN=C1Cc1ccccc1. The highest BCUT2D eigenvalue weighted by atomic mass is 32.2. The maximum absolute atomic E-state index is 10.8. The molecule has 0 spiro atoms. The van der Waals surface area contributed by atoms with Gasteiger partial charge in [-0.2, -0.15) is 18.6 Å². The van der Waals surface area contributed by atoms with Gasteiger partial charge in [-0.05, 0) is 5.56 Å². The van der Waals surface area contributed by atoms with Crippen LogP contribution in [0, 0.1) is 0 Å². The van der Waals surface area contributed by atoms with Gasteiger partial charge in [0, 0.05) is 6.42 Å². The van der Waals surface area contributed by atoms with Gasteiger partial charge < -0.3 is 0 Å². The van der Waals surface area contributed by atoms with E-state index in [0.717, 1.165) is 5.56 Å². The van der Waals surface area contributed by atoms with Crippen molar-refractivity contribution in [3.8, 4) is 0 Å². The molecule has 1 aliphatic rings. The molecule has 4 nitrogen and oxygen atoms in total. The van der Waals surface area contributed by atoms with E-state index in [1.165, 1.54) is 6.21 Å². The maximum atomic E-state index is 10.8. The first-order valence-corrected chi connectivity index (χ1v) is 5.45. The lowest BCUT2D eigenvalue weighted by Crippen LogP contribution is -2.15. The molecule has 0 saturated carbocycles. The Hall–Kier alpha value is -1.75. The summed E-state index contributed by atoms with van der Waals surface area (Å²) < 4.78 is 21.6. The second kappa shape index (κ2) is 4.18. The van der Waals surface area contributed by atoms with Gasteiger partial charge in [0.25, 0.3) is 0 Å². The fraction of sp³-hybridized carbons (Fsp3) is 0.100. The zero-order valence-corrected chi connectivity index (χ0v) is 8.61. The molecule has 5 heteroatoms. The minimum atomic E-state index is -2.26. The van der Waals surface area contributed by atoms with Gasteiger partial charge in [-0.15, -0.1) is 0 Å². The molecule has 1 aromatic rings. The van der Waals surface area contributed by atoms with E-state index in [2.05, 4.69) is 10.2 Å². The Morgan fingerprint density at radius 2 is 1.87 bits per heavy atom. The summed E-state index contributed by atoms with van der Waals surface area (Å²) in [5.41, 5.74) is 1.51. The Balaban J connectivity index is 2.27. The van der Waals surface area contributed by atoms with Gasteiger partial charge in [0.05, 0.1) is 11.9 Å². The Morgan fingerprint density at radius 1 is 1.13 bits per heavy atom. The average Bonchev–Trinajstić information content (AvgIpc) is 2.67. The number of hydrogen-bond acceptors (Lipinski definition) is 4. The Kier molecular flexibility index (Phi) is 2.73. The highest BCUT2D eigenvalue weighted by Crippen LogP contribution is 2.04. The lowest BCUT2D eigenvalue weighted by Gasteiger charge is -1.98. The van der Waals surface area contributed by atoms with E-state index in [4.69, 9.17) is 0 Å². The lowest BCUT2D eigenvalue weighted by molar-refractivity contribution is 0.627. The lowest BCUT2D eigenvalue weighted by atomic mass is 10.1. The molecule has 0 aromatic heterocycles. The first-order valence-electron chi connectivity index (χ1n) is 4.38. The molecule has 0 fully saturated rings. The normalized spacial score (nSPS) is 14.1. The van der Waals surface area contributed by atoms with Crippen LogP contribution in [0.25, 0.3) is 0 Å². The molecule has 15 heavy (non-hydrogen) atoms. The predicted molar refractivity (Wildman–Crippen MR) is 60.0 cm³/mol. The smallest absolute Gasteiger partial charge is 0.184 e. The molecule has 1 heterocycles. The molecule has 0 radical (unpaired) electrons. The predicted octanol–water partition coefficient (Wildman–Crippen LogP) is 0.721. The van der Waals surface area contributed by atoms with Crippen molar-refractivity contribution in [2.45, 2.75) is 6.42 Å². The molecule has 0 amide bonds. The maximum Gasteiger partial charge on any atom is 0.225 e. The summed E-state index contributed by atoms with van der Waals surface area (Å²) in [6.45, 7) is 0. The molecule has 0 N–H and O–H groups in total. The molecular formula is C10H8N2O2S. The summed E-state index contributed by atoms with van der Waals surface area (Å²) >= 11 is 0. The number of nitrogens with zero attached hydrogens (tertiary/aromatic N) is 2. The molecule has 0 unspecified atom stereocenters. The number of hydrogen-bond donors (Lipinski definition) is 0. The second-order valence-corrected chi connectivity index (χ2v) is 3.96. The van der Waals surface area contributed by atoms with Gasteiger partial charge >= 0.3 is 0 Å². The van der Waals surface area contributed by atoms with Crippen LogP contribution in [0.5, 0.6) is 0 Å². The van der Waals surface area contributed by atoms with Crippen LogP contribution in [0.4, 0.5) is 0 Å². The van der Waals surface area contributed by atoms with E-state index < -0.39 is 10.3 Å². The van der Waals surface area contributed by atoms with E-state index in [-0.39, 0.29) is 4.86 Å². The quantitative estimate of drug-likeness (QED) is 0.689. The summed E-state index contributed by atoms with van der Waals surface area (Å²) in [5.74, 6) is 0. The second-order valence-electron chi connectivity index (χ2n) is 3.05. The van der Waals surface area contributed by atoms with Gasteiger partial charge in [0.15, 0.2) is 0 Å². The van der Waals surface area contributed by atoms with Crippen molar-refractivity contribution in [2.75, 3.05) is 0 Å². The zero-order valence-electron chi connectivity index (χ0n) is 7.79. The third-order valence-electron chi connectivity index (χ3n) is 2.03. The monoisotopic (exact) mass is 220 g/mol. The van der Waals surface area contributed by atoms with Crippen LogP contribution < -0.4 is 0 Å². The van der Waals surface area contributed by atoms with Gasteiger partial charge in [0.2, 0.25) is 10.3 Å². The van der Waals surface area contributed by atoms with Crippen molar-refractivity contribution < 1.29 is 8.42 Å². The summed E-state index contributed by atoms with van der Waals surface area (Å²) in [7, 11) is -2.26. The fourth-order valence-corrected chi connectivity index (χ4v) is 1.76. The van der Waals surface area contributed by atoms with Crippen molar-refractivity contribution in [1.82, 2.24) is 0 Å². The van der Waals surface area contributed by atoms with E-state index in [1.807, 2.05) is 30.3 Å². The van der Waals surface area contributed by atoms with Crippen LogP contribution in [-0.4, -0.2) is 25.2 Å². The molecule has 0 atom stereocenters. The zero-order chi connectivity index (χ0) is 10.7. The standard InChI is InChI=1S/C10H8N2O2S/c13-15(14)10-7-11-12-9(10)6-8-4-2-1-3-5-8/h1-5,7H,6H2. The van der Waals surface area contributed by atoms with Crippen LogP contribution in [0.1, 0.15) is 5.56 Å². The first-order chi connectivity index (χ1) is 7.27. The van der Waals surface area contributed by atoms with E-state index in [0.29, 0.717) is 12.1 Å². The first kappa shape index (κ1) is 9.79. The van der Waals surface area contributed by atoms with Crippen molar-refractivity contribution in [3.05, 3.63) is 35.9 Å². The fourth-order valence-electron chi connectivity index (χ4n) is 1.33. The van der Waals surface area contributed by atoms with Crippen LogP contribution in [0.3, 0.4) is 0 Å². The Labute approximate surface area is 88.5 Å². The largest absolute Gasteiger partial charge is 0.225 e. The van der Waals surface area contributed by atoms with E-state index in [1.54, 1.807) is 0 Å². The highest BCUT2D eigenvalue weighted by molar-refractivity contribution is 7.76. The van der Waals surface area contributed by atoms with Crippen molar-refractivity contribution in [3.63, 3.8) is 0 Å². The molecular weight excluding hydrogens is 212 g/mol. The van der Waals surface area contributed by atoms with Crippen LogP contribution in [0.15, 0.2) is 40.5 Å². The third-order valence-corrected chi connectivity index (χ3v) is 2.73. The minimum Gasteiger partial charge on any atom is -0.184 e. The van der Waals surface area contributed by atoms with Crippen molar-refractivity contribution >= 4 is 27.1 Å². The van der Waals surface area contributed by atoms with Gasteiger partial charge in [-0.3, -0.25) is 0 Å². The number of benzene rings is 1. The average molecular weight is 220 g/mol. The van der Waals surface area contributed by atoms with E-state index in [9.17, 15) is 8.42 Å². The van der Waals surface area contributed by atoms with Crippen LogP contribution in [0.2, 0.25) is 0 Å². The van der Waals surface area contributed by atoms with Crippen molar-refractivity contribution in [2.24, 2.45) is 10.2 Å². The summed E-state index contributed by atoms with van der Waals surface area (Å²) in [4.78, 5) is 0.179. The number of rotatable bonds is 2. The van der Waals surface area contributed by atoms with Crippen LogP contribution >= 0.6 is 0 Å². The summed E-state index contributed by atoms with van der Waals surface area (Å²) in [5, 5.41) is 7.39. The molecule has 1 aromatic carbocycles. The molecule has 0 aliphatic carbocycles.